The van der Waals surface area contributed by atoms with Gasteiger partial charge in [-0.1, -0.05) is 62.4 Å². The van der Waals surface area contributed by atoms with Gasteiger partial charge >= 0.3 is 0 Å². The SMILES string of the molecule is Cc1cc2c(c(-c3ncc(C4CC4)c4cc(CC(C)C)ccc34)c1)Cc1ccccc1-2. The predicted molar refractivity (Wildman–Crippen MR) is 131 cm³/mol. The molecule has 0 spiro atoms. The molecule has 2 aliphatic carbocycles. The van der Waals surface area contributed by atoms with Crippen molar-refractivity contribution in [3.05, 3.63) is 88.6 Å². The van der Waals surface area contributed by atoms with Crippen LogP contribution in [-0.2, 0) is 12.8 Å². The van der Waals surface area contributed by atoms with Gasteiger partial charge in [0.1, 0.15) is 0 Å². The third kappa shape index (κ3) is 3.19. The normalized spacial score (nSPS) is 14.8. The van der Waals surface area contributed by atoms with Crippen molar-refractivity contribution >= 4 is 10.8 Å². The van der Waals surface area contributed by atoms with E-state index in [0.29, 0.717) is 11.8 Å². The fourth-order valence-corrected chi connectivity index (χ4v) is 5.43. The lowest BCUT2D eigenvalue weighted by molar-refractivity contribution is 0.648. The summed E-state index contributed by atoms with van der Waals surface area (Å²) < 4.78 is 0. The van der Waals surface area contributed by atoms with Gasteiger partial charge in [0.25, 0.3) is 0 Å². The maximum absolute atomic E-state index is 5.11. The Morgan fingerprint density at radius 1 is 0.903 bits per heavy atom. The molecule has 0 radical (unpaired) electrons. The van der Waals surface area contributed by atoms with Crippen molar-refractivity contribution in [2.24, 2.45) is 5.92 Å². The lowest BCUT2D eigenvalue weighted by Crippen LogP contribution is -1.98. The summed E-state index contributed by atoms with van der Waals surface area (Å²) in [5, 5.41) is 2.75. The van der Waals surface area contributed by atoms with E-state index in [4.69, 9.17) is 4.98 Å². The maximum atomic E-state index is 5.11. The van der Waals surface area contributed by atoms with Crippen LogP contribution in [0.5, 0.6) is 0 Å². The second-order valence-electron chi connectivity index (χ2n) is 9.99. The van der Waals surface area contributed by atoms with E-state index in [9.17, 15) is 0 Å². The molecule has 2 aliphatic rings. The third-order valence-electron chi connectivity index (χ3n) is 6.97. The average Bonchev–Trinajstić information content (AvgIpc) is 3.53. The van der Waals surface area contributed by atoms with E-state index in [0.717, 1.165) is 18.5 Å². The number of aromatic nitrogens is 1. The quantitative estimate of drug-likeness (QED) is 0.298. The number of rotatable bonds is 4. The summed E-state index contributed by atoms with van der Waals surface area (Å²) >= 11 is 0. The van der Waals surface area contributed by atoms with E-state index in [2.05, 4.69) is 81.6 Å². The highest BCUT2D eigenvalue weighted by molar-refractivity contribution is 5.99. The van der Waals surface area contributed by atoms with E-state index < -0.39 is 0 Å². The first-order valence-electron chi connectivity index (χ1n) is 11.7. The summed E-state index contributed by atoms with van der Waals surface area (Å²) in [5.41, 5.74) is 12.3. The first-order valence-corrected chi connectivity index (χ1v) is 11.7. The van der Waals surface area contributed by atoms with Gasteiger partial charge in [-0.15, -0.1) is 0 Å². The number of fused-ring (bicyclic) bond motifs is 4. The zero-order valence-electron chi connectivity index (χ0n) is 18.7. The Morgan fingerprint density at radius 3 is 2.52 bits per heavy atom. The van der Waals surface area contributed by atoms with Crippen LogP contribution in [0.15, 0.2) is 60.8 Å². The largest absolute Gasteiger partial charge is 0.255 e. The number of aryl methyl sites for hydroxylation is 1. The lowest BCUT2D eigenvalue weighted by atomic mass is 9.91. The molecule has 154 valence electrons. The fraction of sp³-hybridized carbons (Fsp3) is 0.300. The van der Waals surface area contributed by atoms with Crippen molar-refractivity contribution in [1.29, 1.82) is 0 Å². The fourth-order valence-electron chi connectivity index (χ4n) is 5.43. The predicted octanol–water partition coefficient (Wildman–Crippen LogP) is 7.86. The third-order valence-corrected chi connectivity index (χ3v) is 6.97. The summed E-state index contributed by atoms with van der Waals surface area (Å²) in [6.45, 7) is 6.82. The van der Waals surface area contributed by atoms with Crippen LogP contribution < -0.4 is 0 Å². The van der Waals surface area contributed by atoms with Crippen LogP contribution in [0, 0.1) is 12.8 Å². The van der Waals surface area contributed by atoms with Crippen LogP contribution >= 0.6 is 0 Å². The number of hydrogen-bond acceptors (Lipinski definition) is 1. The molecule has 31 heavy (non-hydrogen) atoms. The Kier molecular flexibility index (Phi) is 4.28. The Balaban J connectivity index is 1.58. The Labute approximate surface area is 185 Å². The van der Waals surface area contributed by atoms with E-state index in [1.807, 2.05) is 0 Å². The second kappa shape index (κ2) is 7.05. The topological polar surface area (TPSA) is 12.9 Å². The van der Waals surface area contributed by atoms with Crippen LogP contribution in [0.4, 0.5) is 0 Å². The van der Waals surface area contributed by atoms with Crippen molar-refractivity contribution in [2.75, 3.05) is 0 Å². The van der Waals surface area contributed by atoms with Crippen LogP contribution in [0.3, 0.4) is 0 Å². The summed E-state index contributed by atoms with van der Waals surface area (Å²) in [4.78, 5) is 5.11. The van der Waals surface area contributed by atoms with Crippen LogP contribution in [0.25, 0.3) is 33.2 Å². The molecular weight excluding hydrogens is 374 g/mol. The zero-order valence-corrected chi connectivity index (χ0v) is 18.7. The molecule has 1 aromatic heterocycles. The molecule has 6 rings (SSSR count). The van der Waals surface area contributed by atoms with Gasteiger partial charge in [-0.3, -0.25) is 4.98 Å². The minimum absolute atomic E-state index is 0.668. The standard InChI is InChI=1S/C30H29N/c1-18(2)12-20-8-11-24-26(15-20)29(21-9-10-21)17-31-30(24)28-14-19(3)13-25-23-7-5-4-6-22(23)16-27(25)28/h4-8,11,13-15,17-18,21H,9-10,12,16H2,1-3H3. The molecule has 1 heterocycles. The van der Waals surface area contributed by atoms with E-state index in [-0.39, 0.29) is 0 Å². The van der Waals surface area contributed by atoms with Crippen LogP contribution in [-0.4, -0.2) is 4.98 Å². The van der Waals surface area contributed by atoms with Gasteiger partial charge in [-0.05, 0) is 94.8 Å². The minimum Gasteiger partial charge on any atom is -0.255 e. The molecule has 0 amide bonds. The maximum Gasteiger partial charge on any atom is 0.0783 e. The molecular formula is C30H29N. The smallest absolute Gasteiger partial charge is 0.0783 e. The zero-order chi connectivity index (χ0) is 21.1. The van der Waals surface area contributed by atoms with Crippen molar-refractivity contribution in [3.8, 4) is 22.4 Å². The van der Waals surface area contributed by atoms with Gasteiger partial charge in [-0.25, -0.2) is 0 Å². The molecule has 0 unspecified atom stereocenters. The molecule has 0 N–H and O–H groups in total. The number of pyridine rings is 1. The summed E-state index contributed by atoms with van der Waals surface area (Å²) in [6.07, 6.45) is 6.93. The molecule has 4 aromatic rings. The van der Waals surface area contributed by atoms with Gasteiger partial charge in [0.2, 0.25) is 0 Å². The summed E-state index contributed by atoms with van der Waals surface area (Å²) in [6, 6.07) is 20.7. The minimum atomic E-state index is 0.668. The van der Waals surface area contributed by atoms with Crippen molar-refractivity contribution < 1.29 is 0 Å². The molecule has 0 bridgehead atoms. The Morgan fingerprint density at radius 2 is 1.71 bits per heavy atom. The summed E-state index contributed by atoms with van der Waals surface area (Å²) in [7, 11) is 0. The van der Waals surface area contributed by atoms with Gasteiger partial charge in [0, 0.05) is 17.1 Å². The molecule has 3 aromatic carbocycles. The highest BCUT2D eigenvalue weighted by atomic mass is 14.7. The van der Waals surface area contributed by atoms with E-state index in [1.54, 1.807) is 0 Å². The van der Waals surface area contributed by atoms with Gasteiger partial charge < -0.3 is 0 Å². The van der Waals surface area contributed by atoms with Gasteiger partial charge in [0.15, 0.2) is 0 Å². The van der Waals surface area contributed by atoms with E-state index >= 15 is 0 Å². The molecule has 1 heteroatoms. The average molecular weight is 404 g/mol. The highest BCUT2D eigenvalue weighted by Gasteiger charge is 2.28. The van der Waals surface area contributed by atoms with Crippen LogP contribution in [0.2, 0.25) is 0 Å². The molecule has 0 aliphatic heterocycles. The Hall–Kier alpha value is -2.93. The lowest BCUT2D eigenvalue weighted by Gasteiger charge is -2.16. The highest BCUT2D eigenvalue weighted by Crippen LogP contribution is 2.47. The first-order chi connectivity index (χ1) is 15.1. The summed E-state index contributed by atoms with van der Waals surface area (Å²) in [5.74, 6) is 1.37. The van der Waals surface area contributed by atoms with Crippen LogP contribution in [0.1, 0.15) is 60.4 Å². The monoisotopic (exact) mass is 403 g/mol. The molecule has 0 atom stereocenters. The molecule has 1 saturated carbocycles. The van der Waals surface area contributed by atoms with E-state index in [1.165, 1.54) is 68.1 Å². The molecule has 0 saturated heterocycles. The molecule has 1 fully saturated rings. The van der Waals surface area contributed by atoms with Crippen molar-refractivity contribution in [2.45, 2.75) is 52.4 Å². The number of benzene rings is 3. The number of nitrogens with zero attached hydrogens (tertiary/aromatic N) is 1. The van der Waals surface area contributed by atoms with Crippen molar-refractivity contribution in [1.82, 2.24) is 4.98 Å². The van der Waals surface area contributed by atoms with Crippen molar-refractivity contribution in [3.63, 3.8) is 0 Å². The van der Waals surface area contributed by atoms with Gasteiger partial charge in [-0.2, -0.15) is 0 Å². The molecule has 1 nitrogen and oxygen atoms in total. The Bertz CT molecular complexity index is 1320. The first kappa shape index (κ1) is 18.8. The number of hydrogen-bond donors (Lipinski definition) is 0. The van der Waals surface area contributed by atoms with Gasteiger partial charge in [0.05, 0.1) is 5.69 Å². The second-order valence-corrected chi connectivity index (χ2v) is 9.99.